The summed E-state index contributed by atoms with van der Waals surface area (Å²) in [6, 6.07) is 0. The molecule has 0 aliphatic heterocycles. The summed E-state index contributed by atoms with van der Waals surface area (Å²) in [6.45, 7) is 0.674. The predicted octanol–water partition coefficient (Wildman–Crippen LogP) is 1.22. The molecule has 1 N–H and O–H groups in total. The summed E-state index contributed by atoms with van der Waals surface area (Å²) in [5, 5.41) is 2.93. The van der Waals surface area contributed by atoms with Gasteiger partial charge in [0.25, 0.3) is 0 Å². The number of hydrogen-bond donors (Lipinski definition) is 1. The van der Waals surface area contributed by atoms with Crippen molar-refractivity contribution in [2.75, 3.05) is 18.1 Å². The van der Waals surface area contributed by atoms with E-state index >= 15 is 0 Å². The van der Waals surface area contributed by atoms with Crippen molar-refractivity contribution in [1.29, 1.82) is 0 Å². The molecule has 5 heteroatoms. The largest absolute Gasteiger partial charge is 0.355 e. The third-order valence-corrected chi connectivity index (χ3v) is 4.05. The zero-order valence-electron chi connectivity index (χ0n) is 10.2. The Balaban J connectivity index is 1.54. The first-order valence-corrected chi connectivity index (χ1v) is 7.22. The number of carbonyl (C=O) groups excluding carboxylic acids is 1. The van der Waals surface area contributed by atoms with E-state index in [0.717, 1.165) is 23.9 Å². The summed E-state index contributed by atoms with van der Waals surface area (Å²) in [6.07, 6.45) is 7.20. The van der Waals surface area contributed by atoms with E-state index in [1.165, 1.54) is 12.8 Å². The minimum absolute atomic E-state index is 0.143. The summed E-state index contributed by atoms with van der Waals surface area (Å²) >= 11 is 1.75. The first kappa shape index (κ1) is 12.5. The Morgan fingerprint density at radius 2 is 2.47 bits per heavy atom. The zero-order valence-corrected chi connectivity index (χ0v) is 11.0. The molecule has 1 amide bonds. The standard InChI is InChI=1S/C12H19N3OS/c1-15-7-6-13-11(15)4-5-14-12(16)9-17-8-10-2-3-10/h6-7,10H,2-5,8-9H2,1H3,(H,14,16). The van der Waals surface area contributed by atoms with E-state index < -0.39 is 0 Å². The molecule has 1 saturated carbocycles. The van der Waals surface area contributed by atoms with Crippen LogP contribution in [-0.2, 0) is 18.3 Å². The van der Waals surface area contributed by atoms with E-state index in [4.69, 9.17) is 0 Å². The van der Waals surface area contributed by atoms with Gasteiger partial charge in [-0.25, -0.2) is 4.98 Å². The molecule has 0 saturated heterocycles. The van der Waals surface area contributed by atoms with Gasteiger partial charge in [0, 0.05) is 32.4 Å². The molecule has 4 nitrogen and oxygen atoms in total. The van der Waals surface area contributed by atoms with Gasteiger partial charge in [-0.3, -0.25) is 4.79 Å². The maximum absolute atomic E-state index is 11.5. The van der Waals surface area contributed by atoms with Crippen molar-refractivity contribution in [3.05, 3.63) is 18.2 Å². The number of aromatic nitrogens is 2. The van der Waals surface area contributed by atoms with E-state index in [2.05, 4.69) is 10.3 Å². The molecule has 1 fully saturated rings. The van der Waals surface area contributed by atoms with Gasteiger partial charge in [0.05, 0.1) is 5.75 Å². The van der Waals surface area contributed by atoms with Crippen LogP contribution in [0.5, 0.6) is 0 Å². The van der Waals surface area contributed by atoms with Crippen LogP contribution < -0.4 is 5.32 Å². The van der Waals surface area contributed by atoms with Gasteiger partial charge in [-0.2, -0.15) is 11.8 Å². The Kier molecular flexibility index (Phi) is 4.48. The van der Waals surface area contributed by atoms with Crippen LogP contribution in [0, 0.1) is 5.92 Å². The average molecular weight is 253 g/mol. The van der Waals surface area contributed by atoms with Crippen LogP contribution >= 0.6 is 11.8 Å². The molecular weight excluding hydrogens is 234 g/mol. The maximum atomic E-state index is 11.5. The van der Waals surface area contributed by atoms with Gasteiger partial charge in [-0.1, -0.05) is 0 Å². The molecule has 94 valence electrons. The lowest BCUT2D eigenvalue weighted by Gasteiger charge is -2.05. The lowest BCUT2D eigenvalue weighted by atomic mass is 10.4. The van der Waals surface area contributed by atoms with Crippen molar-refractivity contribution in [2.24, 2.45) is 13.0 Å². The summed E-state index contributed by atoms with van der Waals surface area (Å²) in [4.78, 5) is 15.7. The fourth-order valence-corrected chi connectivity index (χ4v) is 2.68. The Morgan fingerprint density at radius 1 is 1.65 bits per heavy atom. The van der Waals surface area contributed by atoms with Crippen LogP contribution in [-0.4, -0.2) is 33.5 Å². The van der Waals surface area contributed by atoms with Gasteiger partial charge < -0.3 is 9.88 Å². The number of thioether (sulfide) groups is 1. The second-order valence-corrected chi connectivity index (χ2v) is 5.54. The van der Waals surface area contributed by atoms with Crippen molar-refractivity contribution in [3.63, 3.8) is 0 Å². The third-order valence-electron chi connectivity index (χ3n) is 2.88. The highest BCUT2D eigenvalue weighted by atomic mass is 32.2. The molecule has 0 bridgehead atoms. The van der Waals surface area contributed by atoms with E-state index in [9.17, 15) is 4.79 Å². The maximum Gasteiger partial charge on any atom is 0.230 e. The average Bonchev–Trinajstić information content (AvgIpc) is 3.03. The number of amides is 1. The van der Waals surface area contributed by atoms with Crippen LogP contribution in [0.25, 0.3) is 0 Å². The molecule has 0 aromatic carbocycles. The number of nitrogens with zero attached hydrogens (tertiary/aromatic N) is 2. The van der Waals surface area contributed by atoms with E-state index in [0.29, 0.717) is 12.3 Å². The monoisotopic (exact) mass is 253 g/mol. The molecule has 2 rings (SSSR count). The molecule has 1 aromatic rings. The van der Waals surface area contributed by atoms with E-state index in [-0.39, 0.29) is 5.91 Å². The fourth-order valence-electron chi connectivity index (χ4n) is 1.60. The highest BCUT2D eigenvalue weighted by Crippen LogP contribution is 2.32. The summed E-state index contributed by atoms with van der Waals surface area (Å²) < 4.78 is 1.98. The molecule has 1 aliphatic rings. The van der Waals surface area contributed by atoms with Crippen molar-refractivity contribution in [3.8, 4) is 0 Å². The van der Waals surface area contributed by atoms with E-state index in [1.807, 2.05) is 17.8 Å². The van der Waals surface area contributed by atoms with Crippen molar-refractivity contribution in [1.82, 2.24) is 14.9 Å². The van der Waals surface area contributed by atoms with Gasteiger partial charge in [0.15, 0.2) is 0 Å². The minimum Gasteiger partial charge on any atom is -0.355 e. The number of imidazole rings is 1. The van der Waals surface area contributed by atoms with Gasteiger partial charge in [-0.05, 0) is 24.5 Å². The SMILES string of the molecule is Cn1ccnc1CCNC(=O)CSCC1CC1. The smallest absolute Gasteiger partial charge is 0.230 e. The van der Waals surface area contributed by atoms with Crippen LogP contribution in [0.15, 0.2) is 12.4 Å². The highest BCUT2D eigenvalue weighted by Gasteiger charge is 2.21. The summed E-state index contributed by atoms with van der Waals surface area (Å²) in [7, 11) is 1.97. The first-order valence-electron chi connectivity index (χ1n) is 6.06. The summed E-state index contributed by atoms with van der Waals surface area (Å²) in [5.74, 6) is 3.78. The second-order valence-electron chi connectivity index (χ2n) is 4.51. The number of hydrogen-bond acceptors (Lipinski definition) is 3. The number of aryl methyl sites for hydroxylation is 1. The van der Waals surface area contributed by atoms with Crippen LogP contribution in [0.4, 0.5) is 0 Å². The van der Waals surface area contributed by atoms with Crippen molar-refractivity contribution < 1.29 is 4.79 Å². The van der Waals surface area contributed by atoms with Gasteiger partial charge in [-0.15, -0.1) is 0 Å². The Labute approximate surface area is 106 Å². The third kappa shape index (κ3) is 4.42. The molecule has 0 atom stereocenters. The summed E-state index contributed by atoms with van der Waals surface area (Å²) in [5.41, 5.74) is 0. The quantitative estimate of drug-likeness (QED) is 0.795. The van der Waals surface area contributed by atoms with E-state index in [1.54, 1.807) is 18.0 Å². The van der Waals surface area contributed by atoms with Gasteiger partial charge in [0.2, 0.25) is 5.91 Å². The minimum atomic E-state index is 0.143. The molecule has 1 aromatic heterocycles. The van der Waals surface area contributed by atoms with Gasteiger partial charge in [0.1, 0.15) is 5.82 Å². The van der Waals surface area contributed by atoms with Crippen LogP contribution in [0.1, 0.15) is 18.7 Å². The second kappa shape index (κ2) is 6.10. The molecule has 0 spiro atoms. The molecular formula is C12H19N3OS. The number of carbonyl (C=O) groups is 1. The molecule has 0 radical (unpaired) electrons. The van der Waals surface area contributed by atoms with Crippen LogP contribution in [0.2, 0.25) is 0 Å². The van der Waals surface area contributed by atoms with Crippen LogP contribution in [0.3, 0.4) is 0 Å². The molecule has 1 heterocycles. The zero-order chi connectivity index (χ0) is 12.1. The lowest BCUT2D eigenvalue weighted by molar-refractivity contribution is -0.118. The highest BCUT2D eigenvalue weighted by molar-refractivity contribution is 7.99. The Bertz CT molecular complexity index is 374. The number of nitrogens with one attached hydrogen (secondary N) is 1. The Morgan fingerprint density at radius 3 is 3.12 bits per heavy atom. The molecule has 1 aliphatic carbocycles. The number of rotatable bonds is 7. The lowest BCUT2D eigenvalue weighted by Crippen LogP contribution is -2.28. The van der Waals surface area contributed by atoms with Crippen molar-refractivity contribution in [2.45, 2.75) is 19.3 Å². The van der Waals surface area contributed by atoms with Crippen molar-refractivity contribution >= 4 is 17.7 Å². The first-order chi connectivity index (χ1) is 8.25. The molecule has 17 heavy (non-hydrogen) atoms. The Hall–Kier alpha value is -0.970. The molecule has 0 unspecified atom stereocenters. The fraction of sp³-hybridized carbons (Fsp3) is 0.667. The topological polar surface area (TPSA) is 46.9 Å². The van der Waals surface area contributed by atoms with Gasteiger partial charge >= 0.3 is 0 Å². The predicted molar refractivity (Wildman–Crippen MR) is 70.0 cm³/mol. The normalized spacial score (nSPS) is 14.9.